The first kappa shape index (κ1) is 14.8. The molecule has 1 aliphatic heterocycles. The molecule has 0 bridgehead atoms. The van der Waals surface area contributed by atoms with Crippen LogP contribution in [0.25, 0.3) is 0 Å². The number of carbonyl (C=O) groups excluding carboxylic acids is 1. The maximum absolute atomic E-state index is 11.6. The lowest BCUT2D eigenvalue weighted by atomic mass is 10.1. The van der Waals surface area contributed by atoms with E-state index in [0.29, 0.717) is 6.54 Å². The van der Waals surface area contributed by atoms with Gasteiger partial charge in [0.2, 0.25) is 0 Å². The fourth-order valence-electron chi connectivity index (χ4n) is 1.95. The second-order valence-electron chi connectivity index (χ2n) is 5.72. The molecule has 1 amide bonds. The summed E-state index contributed by atoms with van der Waals surface area (Å²) in [5, 5.41) is 10.1. The normalized spacial score (nSPS) is 18.4. The summed E-state index contributed by atoms with van der Waals surface area (Å²) in [6.07, 6.45) is 1.38. The highest BCUT2D eigenvalue weighted by atomic mass is 16.6. The zero-order chi connectivity index (χ0) is 13.8. The molecule has 0 saturated carbocycles. The number of carbonyl (C=O) groups is 1. The second kappa shape index (κ2) is 6.04. The van der Waals surface area contributed by atoms with Crippen LogP contribution in [0.1, 0.15) is 33.6 Å². The molecule has 6 nitrogen and oxygen atoms in total. The van der Waals surface area contributed by atoms with Crippen molar-refractivity contribution in [2.75, 3.05) is 19.6 Å². The number of piperidine rings is 1. The number of alkyl carbamates (subject to hydrolysis) is 1. The van der Waals surface area contributed by atoms with Crippen molar-refractivity contribution in [3.05, 3.63) is 0 Å². The Morgan fingerprint density at radius 3 is 2.44 bits per heavy atom. The molecule has 1 aliphatic rings. The molecule has 1 rings (SSSR count). The van der Waals surface area contributed by atoms with Crippen molar-refractivity contribution < 1.29 is 9.53 Å². The first-order chi connectivity index (χ1) is 8.26. The molecule has 0 aromatic carbocycles. The van der Waals surface area contributed by atoms with Crippen molar-refractivity contribution in [1.82, 2.24) is 10.2 Å². The average molecular weight is 256 g/mol. The minimum Gasteiger partial charge on any atom is -0.444 e. The van der Waals surface area contributed by atoms with Crippen LogP contribution in [0.15, 0.2) is 0 Å². The van der Waals surface area contributed by atoms with Gasteiger partial charge in [-0.15, -0.1) is 0 Å². The number of amides is 1. The van der Waals surface area contributed by atoms with Crippen LogP contribution < -0.4 is 11.1 Å². The van der Waals surface area contributed by atoms with E-state index in [0.717, 1.165) is 25.9 Å². The number of hydrogen-bond acceptors (Lipinski definition) is 4. The number of hydrogen-bond donors (Lipinski definition) is 3. The fourth-order valence-corrected chi connectivity index (χ4v) is 1.95. The average Bonchev–Trinajstić information content (AvgIpc) is 2.17. The van der Waals surface area contributed by atoms with Gasteiger partial charge in [0.25, 0.3) is 0 Å². The van der Waals surface area contributed by atoms with Crippen LogP contribution in [0.2, 0.25) is 0 Å². The molecule has 1 fully saturated rings. The molecule has 0 unspecified atom stereocenters. The predicted octanol–water partition coefficient (Wildman–Crippen LogP) is 0.911. The SMILES string of the molecule is CC(C)(C)OC(=O)NC1CCN(CC(=N)N)CC1. The summed E-state index contributed by atoms with van der Waals surface area (Å²) in [7, 11) is 0. The van der Waals surface area contributed by atoms with Crippen LogP contribution in [0, 0.1) is 5.41 Å². The van der Waals surface area contributed by atoms with Gasteiger partial charge in [-0.1, -0.05) is 0 Å². The van der Waals surface area contributed by atoms with Crippen molar-refractivity contribution >= 4 is 11.9 Å². The topological polar surface area (TPSA) is 91.4 Å². The van der Waals surface area contributed by atoms with Gasteiger partial charge in [-0.3, -0.25) is 10.3 Å². The first-order valence-electron chi connectivity index (χ1n) is 6.31. The first-order valence-corrected chi connectivity index (χ1v) is 6.31. The van der Waals surface area contributed by atoms with Crippen molar-refractivity contribution in [1.29, 1.82) is 5.41 Å². The van der Waals surface area contributed by atoms with Gasteiger partial charge in [0, 0.05) is 19.1 Å². The van der Waals surface area contributed by atoms with Gasteiger partial charge in [-0.25, -0.2) is 4.79 Å². The molecular formula is C12H24N4O2. The number of nitrogens with zero attached hydrogens (tertiary/aromatic N) is 1. The van der Waals surface area contributed by atoms with Gasteiger partial charge >= 0.3 is 6.09 Å². The number of nitrogens with one attached hydrogen (secondary N) is 2. The summed E-state index contributed by atoms with van der Waals surface area (Å²) in [5.41, 5.74) is 4.90. The van der Waals surface area contributed by atoms with E-state index in [9.17, 15) is 4.79 Å². The molecule has 0 radical (unpaired) electrons. The summed E-state index contributed by atoms with van der Waals surface area (Å²) in [6.45, 7) is 7.76. The van der Waals surface area contributed by atoms with Gasteiger partial charge in [0.15, 0.2) is 0 Å². The fraction of sp³-hybridized carbons (Fsp3) is 0.833. The van der Waals surface area contributed by atoms with E-state index in [2.05, 4.69) is 10.2 Å². The number of amidine groups is 1. The van der Waals surface area contributed by atoms with Crippen molar-refractivity contribution in [2.24, 2.45) is 5.73 Å². The van der Waals surface area contributed by atoms with Gasteiger partial charge < -0.3 is 15.8 Å². The van der Waals surface area contributed by atoms with Gasteiger partial charge in [-0.2, -0.15) is 0 Å². The number of rotatable bonds is 3. The third kappa shape index (κ3) is 5.86. The smallest absolute Gasteiger partial charge is 0.407 e. The highest BCUT2D eigenvalue weighted by Gasteiger charge is 2.23. The Kier molecular flexibility index (Phi) is 4.95. The lowest BCUT2D eigenvalue weighted by molar-refractivity contribution is 0.0481. The van der Waals surface area contributed by atoms with Crippen molar-refractivity contribution in [3.8, 4) is 0 Å². The Morgan fingerprint density at radius 1 is 1.44 bits per heavy atom. The van der Waals surface area contributed by atoms with Crippen LogP contribution in [0.5, 0.6) is 0 Å². The zero-order valence-electron chi connectivity index (χ0n) is 11.5. The predicted molar refractivity (Wildman–Crippen MR) is 70.7 cm³/mol. The molecule has 0 aliphatic carbocycles. The third-order valence-electron chi connectivity index (χ3n) is 2.70. The largest absolute Gasteiger partial charge is 0.444 e. The standard InChI is InChI=1S/C12H24N4O2/c1-12(2,3)18-11(17)15-9-4-6-16(7-5-9)8-10(13)14/h9H,4-8H2,1-3H3,(H3,13,14)(H,15,17). The van der Waals surface area contributed by atoms with E-state index in [1.165, 1.54) is 0 Å². The maximum atomic E-state index is 11.6. The molecule has 0 aromatic heterocycles. The lowest BCUT2D eigenvalue weighted by Crippen LogP contribution is -2.47. The van der Waals surface area contributed by atoms with Crippen LogP contribution in [-0.2, 0) is 4.74 Å². The summed E-state index contributed by atoms with van der Waals surface area (Å²) < 4.78 is 5.21. The molecule has 1 heterocycles. The van der Waals surface area contributed by atoms with Gasteiger partial charge in [0.1, 0.15) is 11.4 Å². The summed E-state index contributed by atoms with van der Waals surface area (Å²) in [5.74, 6) is 0.188. The van der Waals surface area contributed by atoms with Crippen LogP contribution in [-0.4, -0.2) is 48.1 Å². The minimum atomic E-state index is -0.459. The Hall–Kier alpha value is -1.30. The van der Waals surface area contributed by atoms with Crippen LogP contribution in [0.4, 0.5) is 4.79 Å². The second-order valence-corrected chi connectivity index (χ2v) is 5.72. The Morgan fingerprint density at radius 2 is 2.00 bits per heavy atom. The van der Waals surface area contributed by atoms with E-state index in [-0.39, 0.29) is 18.0 Å². The molecule has 0 atom stereocenters. The van der Waals surface area contributed by atoms with Gasteiger partial charge in [-0.05, 0) is 33.6 Å². The van der Waals surface area contributed by atoms with E-state index >= 15 is 0 Å². The highest BCUT2D eigenvalue weighted by Crippen LogP contribution is 2.12. The molecule has 0 aromatic rings. The number of ether oxygens (including phenoxy) is 1. The van der Waals surface area contributed by atoms with E-state index in [1.54, 1.807) is 0 Å². The zero-order valence-corrected chi connectivity index (χ0v) is 11.5. The highest BCUT2D eigenvalue weighted by molar-refractivity contribution is 5.78. The van der Waals surface area contributed by atoms with Crippen molar-refractivity contribution in [3.63, 3.8) is 0 Å². The van der Waals surface area contributed by atoms with Crippen molar-refractivity contribution in [2.45, 2.75) is 45.3 Å². The Bertz CT molecular complexity index is 304. The quantitative estimate of drug-likeness (QED) is 0.517. The van der Waals surface area contributed by atoms with E-state index in [4.69, 9.17) is 15.9 Å². The van der Waals surface area contributed by atoms with E-state index < -0.39 is 5.60 Å². The minimum absolute atomic E-state index is 0.156. The molecule has 1 saturated heterocycles. The molecule has 104 valence electrons. The number of likely N-dealkylation sites (tertiary alicyclic amines) is 1. The summed E-state index contributed by atoms with van der Waals surface area (Å²) >= 11 is 0. The van der Waals surface area contributed by atoms with Crippen LogP contribution in [0.3, 0.4) is 0 Å². The molecule has 0 spiro atoms. The molecule has 6 heteroatoms. The van der Waals surface area contributed by atoms with E-state index in [1.807, 2.05) is 20.8 Å². The summed E-state index contributed by atoms with van der Waals surface area (Å²) in [6, 6.07) is 0.156. The third-order valence-corrected chi connectivity index (χ3v) is 2.70. The summed E-state index contributed by atoms with van der Waals surface area (Å²) in [4.78, 5) is 13.7. The monoisotopic (exact) mass is 256 g/mol. The van der Waals surface area contributed by atoms with Crippen LogP contribution >= 0.6 is 0 Å². The molecule has 4 N–H and O–H groups in total. The van der Waals surface area contributed by atoms with Gasteiger partial charge in [0.05, 0.1) is 6.54 Å². The maximum Gasteiger partial charge on any atom is 0.407 e. The lowest BCUT2D eigenvalue weighted by Gasteiger charge is -2.32. The number of nitrogens with two attached hydrogens (primary N) is 1. The Labute approximate surface area is 108 Å². The molecular weight excluding hydrogens is 232 g/mol. The molecule has 18 heavy (non-hydrogen) atoms. The Balaban J connectivity index is 2.27.